The van der Waals surface area contributed by atoms with Crippen LogP contribution in [0, 0.1) is 19.7 Å². The summed E-state index contributed by atoms with van der Waals surface area (Å²) in [7, 11) is 0. The molecule has 3 aromatic carbocycles. The first-order valence-corrected chi connectivity index (χ1v) is 10.1. The minimum atomic E-state index is -0.582. The second-order valence-electron chi connectivity index (χ2n) is 6.88. The second-order valence-corrected chi connectivity index (χ2v) is 7.80. The number of amides is 1. The Morgan fingerprint density at radius 1 is 1.00 bits per heavy atom. The quantitative estimate of drug-likeness (QED) is 0.420. The molecule has 30 heavy (non-hydrogen) atoms. The van der Waals surface area contributed by atoms with Gasteiger partial charge in [-0.05, 0) is 61.4 Å². The van der Waals surface area contributed by atoms with Crippen molar-refractivity contribution in [2.24, 2.45) is 0 Å². The van der Waals surface area contributed by atoms with Crippen molar-refractivity contribution < 1.29 is 9.18 Å². The Kier molecular flexibility index (Phi) is 5.46. The summed E-state index contributed by atoms with van der Waals surface area (Å²) < 4.78 is 16.5. The van der Waals surface area contributed by atoms with E-state index in [1.807, 2.05) is 56.3 Å². The highest BCUT2D eigenvalue weighted by Gasteiger charge is 2.20. The lowest BCUT2D eigenvalue weighted by Gasteiger charge is -2.08. The molecule has 1 heterocycles. The number of nitrogens with one attached hydrogen (secondary N) is 1. The molecule has 0 unspecified atom stereocenters. The van der Waals surface area contributed by atoms with E-state index in [0.717, 1.165) is 26.9 Å². The lowest BCUT2D eigenvalue weighted by molar-refractivity contribution is 0.101. The van der Waals surface area contributed by atoms with Crippen LogP contribution in [0.1, 0.15) is 21.7 Å². The SMILES string of the molecule is Cc1ccc(-n2nc(C(=O)Nc3ccccc3F)nc2-c2ccc(Br)cc2)cc1C. The third-order valence-corrected chi connectivity index (χ3v) is 5.30. The summed E-state index contributed by atoms with van der Waals surface area (Å²) in [5, 5.41) is 6.97. The van der Waals surface area contributed by atoms with Crippen LogP contribution in [0.25, 0.3) is 17.1 Å². The molecule has 0 atom stereocenters. The van der Waals surface area contributed by atoms with Gasteiger partial charge in [0, 0.05) is 10.0 Å². The van der Waals surface area contributed by atoms with Crippen LogP contribution in [0.2, 0.25) is 0 Å². The fourth-order valence-corrected chi connectivity index (χ4v) is 3.24. The van der Waals surface area contributed by atoms with Crippen molar-refractivity contribution in [2.45, 2.75) is 13.8 Å². The number of aryl methyl sites for hydroxylation is 2. The number of aromatic nitrogens is 3. The number of para-hydroxylation sites is 1. The molecule has 7 heteroatoms. The van der Waals surface area contributed by atoms with Crippen molar-refractivity contribution >= 4 is 27.5 Å². The summed E-state index contributed by atoms with van der Waals surface area (Å²) in [6.07, 6.45) is 0. The maximum absolute atomic E-state index is 13.9. The Morgan fingerprint density at radius 2 is 1.73 bits per heavy atom. The van der Waals surface area contributed by atoms with Crippen LogP contribution in [-0.4, -0.2) is 20.7 Å². The molecule has 0 saturated carbocycles. The van der Waals surface area contributed by atoms with Gasteiger partial charge < -0.3 is 5.32 Å². The highest BCUT2D eigenvalue weighted by Crippen LogP contribution is 2.25. The third-order valence-electron chi connectivity index (χ3n) is 4.77. The normalized spacial score (nSPS) is 10.8. The number of rotatable bonds is 4. The zero-order valence-corrected chi connectivity index (χ0v) is 17.9. The smallest absolute Gasteiger partial charge is 0.295 e. The fourth-order valence-electron chi connectivity index (χ4n) is 2.97. The molecular formula is C23H18BrFN4O. The first kappa shape index (κ1) is 20.0. The molecule has 4 rings (SSSR count). The van der Waals surface area contributed by atoms with Crippen LogP contribution < -0.4 is 5.32 Å². The standard InChI is InChI=1S/C23H18BrFN4O/c1-14-7-12-18(13-15(14)2)29-22(16-8-10-17(24)11-9-16)27-21(28-29)23(30)26-20-6-4-3-5-19(20)25/h3-13H,1-2H3,(H,26,30). The van der Waals surface area contributed by atoms with Crippen LogP contribution in [0.3, 0.4) is 0 Å². The molecule has 1 amide bonds. The van der Waals surface area contributed by atoms with Crippen molar-refractivity contribution in [3.8, 4) is 17.1 Å². The molecule has 150 valence electrons. The van der Waals surface area contributed by atoms with Crippen LogP contribution >= 0.6 is 15.9 Å². The molecule has 1 N–H and O–H groups in total. The molecule has 1 aromatic heterocycles. The summed E-state index contributed by atoms with van der Waals surface area (Å²) >= 11 is 3.43. The Hall–Kier alpha value is -3.32. The van der Waals surface area contributed by atoms with E-state index >= 15 is 0 Å². The molecular weight excluding hydrogens is 447 g/mol. The molecule has 0 bridgehead atoms. The van der Waals surface area contributed by atoms with E-state index in [9.17, 15) is 9.18 Å². The van der Waals surface area contributed by atoms with Crippen molar-refractivity contribution in [3.05, 3.63) is 94.0 Å². The predicted molar refractivity (Wildman–Crippen MR) is 118 cm³/mol. The van der Waals surface area contributed by atoms with Gasteiger partial charge >= 0.3 is 0 Å². The Morgan fingerprint density at radius 3 is 2.43 bits per heavy atom. The first-order chi connectivity index (χ1) is 14.4. The minimum absolute atomic E-state index is 0.0469. The maximum Gasteiger partial charge on any atom is 0.295 e. The number of benzene rings is 3. The van der Waals surface area contributed by atoms with Gasteiger partial charge in [-0.3, -0.25) is 4.79 Å². The molecule has 4 aromatic rings. The van der Waals surface area contributed by atoms with E-state index in [2.05, 4.69) is 31.3 Å². The van der Waals surface area contributed by atoms with E-state index < -0.39 is 11.7 Å². The van der Waals surface area contributed by atoms with E-state index in [0.29, 0.717) is 5.82 Å². The predicted octanol–water partition coefficient (Wildman–Crippen LogP) is 5.71. The molecule has 0 aliphatic carbocycles. The minimum Gasteiger partial charge on any atom is -0.317 e. The maximum atomic E-state index is 13.9. The molecule has 0 radical (unpaired) electrons. The molecule has 0 spiro atoms. The number of carbonyl (C=O) groups excluding carboxylic acids is 1. The average Bonchev–Trinajstić information content (AvgIpc) is 3.18. The van der Waals surface area contributed by atoms with Crippen LogP contribution in [-0.2, 0) is 0 Å². The molecule has 0 aliphatic rings. The van der Waals surface area contributed by atoms with Gasteiger partial charge in [0.25, 0.3) is 5.91 Å². The lowest BCUT2D eigenvalue weighted by atomic mass is 10.1. The van der Waals surface area contributed by atoms with Gasteiger partial charge in [0.1, 0.15) is 5.82 Å². The third kappa shape index (κ3) is 4.02. The van der Waals surface area contributed by atoms with Crippen LogP contribution in [0.4, 0.5) is 10.1 Å². The topological polar surface area (TPSA) is 59.8 Å². The molecule has 0 aliphatic heterocycles. The van der Waals surface area contributed by atoms with Gasteiger partial charge in [0.05, 0.1) is 11.4 Å². The fraction of sp³-hybridized carbons (Fsp3) is 0.0870. The monoisotopic (exact) mass is 464 g/mol. The van der Waals surface area contributed by atoms with E-state index in [-0.39, 0.29) is 11.5 Å². The van der Waals surface area contributed by atoms with Crippen molar-refractivity contribution in [3.63, 3.8) is 0 Å². The summed E-state index contributed by atoms with van der Waals surface area (Å²) in [6.45, 7) is 4.05. The summed E-state index contributed by atoms with van der Waals surface area (Å²) in [4.78, 5) is 17.2. The number of carbonyl (C=O) groups is 1. The zero-order valence-electron chi connectivity index (χ0n) is 16.4. The summed E-state index contributed by atoms with van der Waals surface area (Å²) in [5.41, 5.74) is 3.92. The Balaban J connectivity index is 1.79. The lowest BCUT2D eigenvalue weighted by Crippen LogP contribution is -2.15. The number of halogens is 2. The molecule has 5 nitrogen and oxygen atoms in total. The van der Waals surface area contributed by atoms with Gasteiger partial charge in [-0.2, -0.15) is 0 Å². The van der Waals surface area contributed by atoms with E-state index in [1.54, 1.807) is 16.8 Å². The van der Waals surface area contributed by atoms with Crippen molar-refractivity contribution in [1.29, 1.82) is 0 Å². The van der Waals surface area contributed by atoms with E-state index in [4.69, 9.17) is 0 Å². The molecule has 0 saturated heterocycles. The number of hydrogen-bond donors (Lipinski definition) is 1. The largest absolute Gasteiger partial charge is 0.317 e. The summed E-state index contributed by atoms with van der Waals surface area (Å²) in [6, 6.07) is 19.5. The molecule has 0 fully saturated rings. The van der Waals surface area contributed by atoms with Crippen LogP contribution in [0.5, 0.6) is 0 Å². The number of nitrogens with zero attached hydrogens (tertiary/aromatic N) is 3. The van der Waals surface area contributed by atoms with Gasteiger partial charge in [-0.1, -0.05) is 46.3 Å². The van der Waals surface area contributed by atoms with Crippen LogP contribution in [0.15, 0.2) is 71.2 Å². The number of hydrogen-bond acceptors (Lipinski definition) is 3. The van der Waals surface area contributed by atoms with E-state index in [1.165, 1.54) is 12.1 Å². The number of anilines is 1. The highest BCUT2D eigenvalue weighted by molar-refractivity contribution is 9.10. The van der Waals surface area contributed by atoms with Crippen molar-refractivity contribution in [2.75, 3.05) is 5.32 Å². The van der Waals surface area contributed by atoms with Gasteiger partial charge in [0.15, 0.2) is 5.82 Å². The Bertz CT molecular complexity index is 1230. The Labute approximate surface area is 181 Å². The van der Waals surface area contributed by atoms with Gasteiger partial charge in [0.2, 0.25) is 5.82 Å². The van der Waals surface area contributed by atoms with Gasteiger partial charge in [-0.25, -0.2) is 14.1 Å². The van der Waals surface area contributed by atoms with Crippen molar-refractivity contribution in [1.82, 2.24) is 14.8 Å². The first-order valence-electron chi connectivity index (χ1n) is 9.29. The average molecular weight is 465 g/mol. The summed E-state index contributed by atoms with van der Waals surface area (Å²) in [5.74, 6) is -0.632. The second kappa shape index (κ2) is 8.20. The van der Waals surface area contributed by atoms with Gasteiger partial charge in [-0.15, -0.1) is 5.10 Å². The zero-order chi connectivity index (χ0) is 21.3. The highest BCUT2D eigenvalue weighted by atomic mass is 79.9.